The summed E-state index contributed by atoms with van der Waals surface area (Å²) in [4.78, 5) is 0. The molecule has 156 valence electrons. The Morgan fingerprint density at radius 1 is 0.714 bits per heavy atom. The summed E-state index contributed by atoms with van der Waals surface area (Å²) in [6, 6.07) is 7.05. The van der Waals surface area contributed by atoms with E-state index in [0.29, 0.717) is 6.42 Å². The van der Waals surface area contributed by atoms with Gasteiger partial charge in [-0.05, 0) is 99.2 Å². The fraction of sp³-hybridized carbons (Fsp3) is 0.692. The van der Waals surface area contributed by atoms with Crippen LogP contribution in [0.5, 0.6) is 0 Å². The van der Waals surface area contributed by atoms with E-state index in [1.807, 2.05) is 18.2 Å². The zero-order valence-electron chi connectivity index (χ0n) is 17.4. The van der Waals surface area contributed by atoms with Crippen LogP contribution >= 0.6 is 0 Å². The maximum absolute atomic E-state index is 13.0. The van der Waals surface area contributed by atoms with Crippen molar-refractivity contribution in [1.29, 1.82) is 0 Å². The van der Waals surface area contributed by atoms with Gasteiger partial charge in [0.25, 0.3) is 0 Å². The maximum Gasteiger partial charge on any atom is 0.123 e. The molecule has 0 heterocycles. The van der Waals surface area contributed by atoms with E-state index in [9.17, 15) is 8.78 Å². The van der Waals surface area contributed by atoms with Crippen molar-refractivity contribution in [1.82, 2.24) is 0 Å². The Hall–Kier alpha value is -1.18. The van der Waals surface area contributed by atoms with Crippen LogP contribution in [-0.4, -0.2) is 6.67 Å². The van der Waals surface area contributed by atoms with Crippen LogP contribution in [0.1, 0.15) is 82.6 Å². The first-order chi connectivity index (χ1) is 13.7. The summed E-state index contributed by atoms with van der Waals surface area (Å²) < 4.78 is 25.1. The van der Waals surface area contributed by atoms with Gasteiger partial charge >= 0.3 is 0 Å². The van der Waals surface area contributed by atoms with Crippen molar-refractivity contribution in [3.8, 4) is 0 Å². The van der Waals surface area contributed by atoms with Crippen molar-refractivity contribution in [3.63, 3.8) is 0 Å². The quantitative estimate of drug-likeness (QED) is 0.375. The second kappa shape index (κ2) is 11.7. The summed E-state index contributed by atoms with van der Waals surface area (Å²) in [6.07, 6.45) is 20.9. The summed E-state index contributed by atoms with van der Waals surface area (Å²) in [5.74, 6) is 3.57. The van der Waals surface area contributed by atoms with Crippen LogP contribution in [0.25, 0.3) is 0 Å². The van der Waals surface area contributed by atoms with Gasteiger partial charge in [0, 0.05) is 0 Å². The predicted molar refractivity (Wildman–Crippen MR) is 115 cm³/mol. The van der Waals surface area contributed by atoms with Crippen molar-refractivity contribution in [2.75, 3.05) is 6.67 Å². The van der Waals surface area contributed by atoms with Gasteiger partial charge in [-0.15, -0.1) is 0 Å². The number of benzene rings is 1. The van der Waals surface area contributed by atoms with Gasteiger partial charge in [0.1, 0.15) is 5.82 Å². The normalized spacial score (nSPS) is 28.6. The number of halogens is 2. The van der Waals surface area contributed by atoms with Crippen molar-refractivity contribution in [3.05, 3.63) is 47.8 Å². The molecule has 0 spiro atoms. The molecule has 2 aliphatic carbocycles. The smallest absolute Gasteiger partial charge is 0.123 e. The van der Waals surface area contributed by atoms with Crippen LogP contribution in [0.2, 0.25) is 0 Å². The second-order valence-corrected chi connectivity index (χ2v) is 9.25. The minimum atomic E-state index is -0.226. The van der Waals surface area contributed by atoms with E-state index in [4.69, 9.17) is 0 Å². The molecule has 0 saturated heterocycles. The maximum atomic E-state index is 13.0. The number of hydrogen-bond donors (Lipinski definition) is 0. The molecular weight excluding hydrogens is 350 g/mol. The molecular formula is C26H38F2. The van der Waals surface area contributed by atoms with Crippen LogP contribution in [0.4, 0.5) is 8.78 Å². The Bertz CT molecular complexity index is 561. The monoisotopic (exact) mass is 388 g/mol. The van der Waals surface area contributed by atoms with Crippen LogP contribution in [0.3, 0.4) is 0 Å². The first-order valence-electron chi connectivity index (χ1n) is 11.7. The molecule has 1 aromatic carbocycles. The number of allylic oxidation sites excluding steroid dienone is 2. The molecule has 2 fully saturated rings. The van der Waals surface area contributed by atoms with Crippen molar-refractivity contribution in [2.24, 2.45) is 23.7 Å². The largest absolute Gasteiger partial charge is 0.251 e. The highest BCUT2D eigenvalue weighted by Gasteiger charge is 2.30. The first-order valence-corrected chi connectivity index (χ1v) is 11.7. The predicted octanol–water partition coefficient (Wildman–Crippen LogP) is 8.07. The molecule has 0 unspecified atom stereocenters. The van der Waals surface area contributed by atoms with Crippen LogP contribution in [0.15, 0.2) is 36.4 Å². The topological polar surface area (TPSA) is 0 Å². The number of hydrogen-bond acceptors (Lipinski definition) is 0. The van der Waals surface area contributed by atoms with E-state index in [1.165, 1.54) is 69.8 Å². The first kappa shape index (κ1) is 21.5. The third kappa shape index (κ3) is 7.01. The van der Waals surface area contributed by atoms with E-state index in [2.05, 4.69) is 6.08 Å². The van der Waals surface area contributed by atoms with E-state index < -0.39 is 0 Å². The lowest BCUT2D eigenvalue weighted by Crippen LogP contribution is -2.26. The lowest BCUT2D eigenvalue weighted by molar-refractivity contribution is 0.141. The molecule has 0 amide bonds. The molecule has 2 saturated carbocycles. The minimum Gasteiger partial charge on any atom is -0.251 e. The molecule has 0 radical (unpaired) electrons. The molecule has 0 aromatic heterocycles. The molecule has 1 aromatic rings. The Kier molecular flexibility index (Phi) is 9.02. The van der Waals surface area contributed by atoms with Crippen molar-refractivity contribution in [2.45, 2.75) is 83.5 Å². The van der Waals surface area contributed by atoms with Gasteiger partial charge in [0.05, 0.1) is 6.67 Å². The third-order valence-electron chi connectivity index (χ3n) is 7.39. The van der Waals surface area contributed by atoms with Gasteiger partial charge in [-0.1, -0.05) is 50.0 Å². The lowest BCUT2D eigenvalue weighted by atomic mass is 9.68. The molecule has 28 heavy (non-hydrogen) atoms. The number of rotatable bonds is 9. The Morgan fingerprint density at radius 2 is 1.25 bits per heavy atom. The molecule has 0 atom stereocenters. The molecule has 0 aliphatic heterocycles. The fourth-order valence-corrected chi connectivity index (χ4v) is 5.55. The van der Waals surface area contributed by atoms with Crippen LogP contribution < -0.4 is 0 Å². The third-order valence-corrected chi connectivity index (χ3v) is 7.39. The van der Waals surface area contributed by atoms with E-state index in [1.54, 1.807) is 12.1 Å². The summed E-state index contributed by atoms with van der Waals surface area (Å²) in [7, 11) is 0. The second-order valence-electron chi connectivity index (χ2n) is 9.25. The number of alkyl halides is 1. The fourth-order valence-electron chi connectivity index (χ4n) is 5.55. The zero-order valence-corrected chi connectivity index (χ0v) is 17.4. The van der Waals surface area contributed by atoms with Crippen LogP contribution in [0, 0.1) is 29.5 Å². The molecule has 0 nitrogen and oxygen atoms in total. The highest BCUT2D eigenvalue weighted by Crippen LogP contribution is 2.43. The van der Waals surface area contributed by atoms with Gasteiger partial charge < -0.3 is 0 Å². The van der Waals surface area contributed by atoms with Gasteiger partial charge in [0.2, 0.25) is 0 Å². The molecule has 2 heteroatoms. The molecule has 3 rings (SSSR count). The number of aryl methyl sites for hydroxylation is 1. The SMILES string of the molecule is FCCC=CCC[C@H]1CC[C@H]([C@H]2CC[C@H](CCc3ccc(F)cc3)CC2)CC1. The summed E-state index contributed by atoms with van der Waals surface area (Å²) in [5, 5.41) is 0. The molecule has 0 N–H and O–H groups in total. The van der Waals surface area contributed by atoms with E-state index >= 15 is 0 Å². The highest BCUT2D eigenvalue weighted by molar-refractivity contribution is 5.16. The average molecular weight is 389 g/mol. The molecule has 0 bridgehead atoms. The van der Waals surface area contributed by atoms with Gasteiger partial charge in [0.15, 0.2) is 0 Å². The van der Waals surface area contributed by atoms with Gasteiger partial charge in [-0.2, -0.15) is 0 Å². The van der Waals surface area contributed by atoms with Crippen molar-refractivity contribution < 1.29 is 8.78 Å². The highest BCUT2D eigenvalue weighted by atomic mass is 19.1. The van der Waals surface area contributed by atoms with E-state index in [0.717, 1.165) is 36.5 Å². The molecule has 2 aliphatic rings. The Balaban J connectivity index is 1.29. The minimum absolute atomic E-state index is 0.132. The van der Waals surface area contributed by atoms with Gasteiger partial charge in [-0.3, -0.25) is 4.39 Å². The lowest BCUT2D eigenvalue weighted by Gasteiger charge is -2.38. The summed E-state index contributed by atoms with van der Waals surface area (Å²) in [6.45, 7) is -0.226. The van der Waals surface area contributed by atoms with Crippen molar-refractivity contribution >= 4 is 0 Å². The average Bonchev–Trinajstić information content (AvgIpc) is 2.74. The van der Waals surface area contributed by atoms with Crippen LogP contribution in [-0.2, 0) is 6.42 Å². The summed E-state index contributed by atoms with van der Waals surface area (Å²) in [5.41, 5.74) is 1.28. The van der Waals surface area contributed by atoms with Gasteiger partial charge in [-0.25, -0.2) is 4.39 Å². The Labute approximate surface area is 170 Å². The summed E-state index contributed by atoms with van der Waals surface area (Å²) >= 11 is 0. The van der Waals surface area contributed by atoms with E-state index in [-0.39, 0.29) is 12.5 Å². The standard InChI is InChI=1S/C26H38F2/c27-20-4-2-1-3-5-21-8-14-24(15-9-21)25-16-10-22(11-17-25)6-7-23-12-18-26(28)19-13-23/h1-2,12-13,18-19,21-22,24-25H,3-11,14-17,20H2/t21-,22-,24-,25-. The Morgan fingerprint density at radius 3 is 1.82 bits per heavy atom. The zero-order chi connectivity index (χ0) is 19.6.